The van der Waals surface area contributed by atoms with E-state index >= 15 is 0 Å². The van der Waals surface area contributed by atoms with E-state index in [1.807, 2.05) is 18.2 Å². The Morgan fingerprint density at radius 1 is 1.04 bits per heavy atom. The largest absolute Gasteiger partial charge is 0.508 e. The third kappa shape index (κ3) is 4.62. The molecular formula is C22H29NO2. The highest BCUT2D eigenvalue weighted by Crippen LogP contribution is 2.39. The Balaban J connectivity index is 1.77. The summed E-state index contributed by atoms with van der Waals surface area (Å²) in [5.74, 6) is 0.774. The summed E-state index contributed by atoms with van der Waals surface area (Å²) < 4.78 is 6.38. The zero-order valence-corrected chi connectivity index (χ0v) is 15.3. The maximum Gasteiger partial charge on any atom is 0.115 e. The Bertz CT molecular complexity index is 656. The molecule has 0 amide bonds. The summed E-state index contributed by atoms with van der Waals surface area (Å²) in [4.78, 5) is 2.27. The van der Waals surface area contributed by atoms with Gasteiger partial charge in [-0.1, -0.05) is 55.3 Å². The van der Waals surface area contributed by atoms with Crippen LogP contribution in [-0.4, -0.2) is 30.2 Å². The molecule has 1 aliphatic carbocycles. The summed E-state index contributed by atoms with van der Waals surface area (Å²) in [6, 6.07) is 18.3. The van der Waals surface area contributed by atoms with Crippen LogP contribution in [0.3, 0.4) is 0 Å². The molecule has 3 heteroatoms. The minimum Gasteiger partial charge on any atom is -0.508 e. The fourth-order valence-electron chi connectivity index (χ4n) is 4.11. The van der Waals surface area contributed by atoms with Gasteiger partial charge < -0.3 is 14.7 Å². The van der Waals surface area contributed by atoms with E-state index in [4.69, 9.17) is 4.74 Å². The van der Waals surface area contributed by atoms with Crippen LogP contribution in [0, 0.1) is 5.92 Å². The smallest absolute Gasteiger partial charge is 0.115 e. The minimum absolute atomic E-state index is 0.253. The van der Waals surface area contributed by atoms with Crippen molar-refractivity contribution in [3.8, 4) is 5.75 Å². The summed E-state index contributed by atoms with van der Waals surface area (Å²) in [5.41, 5.74) is 2.40. The molecule has 3 nitrogen and oxygen atoms in total. The van der Waals surface area contributed by atoms with Crippen molar-refractivity contribution >= 4 is 0 Å². The molecule has 3 rings (SSSR count). The van der Waals surface area contributed by atoms with Gasteiger partial charge >= 0.3 is 0 Å². The summed E-state index contributed by atoms with van der Waals surface area (Å²) in [5, 5.41) is 9.91. The van der Waals surface area contributed by atoms with Gasteiger partial charge in [0.15, 0.2) is 0 Å². The normalized spacial score (nSPS) is 22.0. The second kappa shape index (κ2) is 8.50. The molecule has 1 fully saturated rings. The van der Waals surface area contributed by atoms with Crippen molar-refractivity contribution in [3.63, 3.8) is 0 Å². The molecule has 0 aliphatic heterocycles. The van der Waals surface area contributed by atoms with Crippen molar-refractivity contribution in [2.45, 2.75) is 44.4 Å². The van der Waals surface area contributed by atoms with Crippen LogP contribution in [0.25, 0.3) is 0 Å². The monoisotopic (exact) mass is 339 g/mol. The number of benzene rings is 2. The molecule has 1 aliphatic rings. The van der Waals surface area contributed by atoms with Crippen molar-refractivity contribution in [1.82, 2.24) is 4.90 Å². The molecule has 134 valence electrons. The SMILES string of the molecule is CN(C)C(c1cccc(O)c1)[C@@H]1CCCC[C@@H]1OCc1ccccc1. The second-order valence-electron chi connectivity index (χ2n) is 7.29. The van der Waals surface area contributed by atoms with E-state index in [0.717, 1.165) is 12.8 Å². The molecule has 25 heavy (non-hydrogen) atoms. The number of aromatic hydroxyl groups is 1. The van der Waals surface area contributed by atoms with Gasteiger partial charge in [0.1, 0.15) is 5.75 Å². The van der Waals surface area contributed by atoms with Gasteiger partial charge in [-0.05, 0) is 50.2 Å². The molecule has 0 saturated heterocycles. The predicted octanol–water partition coefficient (Wildman–Crippen LogP) is 4.77. The quantitative estimate of drug-likeness (QED) is 0.823. The highest BCUT2D eigenvalue weighted by Gasteiger charge is 2.34. The van der Waals surface area contributed by atoms with Gasteiger partial charge in [0, 0.05) is 12.0 Å². The predicted molar refractivity (Wildman–Crippen MR) is 102 cm³/mol. The van der Waals surface area contributed by atoms with E-state index in [9.17, 15) is 5.11 Å². The van der Waals surface area contributed by atoms with E-state index in [-0.39, 0.29) is 12.1 Å². The Morgan fingerprint density at radius 3 is 2.52 bits per heavy atom. The van der Waals surface area contributed by atoms with Gasteiger partial charge in [-0.3, -0.25) is 0 Å². The molecular weight excluding hydrogens is 310 g/mol. The van der Waals surface area contributed by atoms with Crippen LogP contribution in [0.5, 0.6) is 5.75 Å². The van der Waals surface area contributed by atoms with E-state index in [2.05, 4.69) is 49.3 Å². The van der Waals surface area contributed by atoms with Crippen LogP contribution in [0.4, 0.5) is 0 Å². The highest BCUT2D eigenvalue weighted by molar-refractivity contribution is 5.30. The summed E-state index contributed by atoms with van der Waals surface area (Å²) in [6.07, 6.45) is 5.01. The molecule has 2 aromatic rings. The number of rotatable bonds is 6. The van der Waals surface area contributed by atoms with Crippen LogP contribution in [0.1, 0.15) is 42.9 Å². The maximum atomic E-state index is 9.91. The third-order valence-corrected chi connectivity index (χ3v) is 5.23. The first kappa shape index (κ1) is 18.0. The number of hydrogen-bond donors (Lipinski definition) is 1. The fraction of sp³-hybridized carbons (Fsp3) is 0.455. The van der Waals surface area contributed by atoms with Crippen LogP contribution in [0.15, 0.2) is 54.6 Å². The fourth-order valence-corrected chi connectivity index (χ4v) is 4.11. The lowest BCUT2D eigenvalue weighted by molar-refractivity contribution is -0.0464. The zero-order valence-electron chi connectivity index (χ0n) is 15.3. The lowest BCUT2D eigenvalue weighted by Gasteiger charge is -2.40. The first-order valence-corrected chi connectivity index (χ1v) is 9.26. The molecule has 1 saturated carbocycles. The second-order valence-corrected chi connectivity index (χ2v) is 7.29. The molecule has 0 aromatic heterocycles. The molecule has 0 heterocycles. The van der Waals surface area contributed by atoms with Crippen molar-refractivity contribution in [2.75, 3.05) is 14.1 Å². The van der Waals surface area contributed by atoms with E-state index in [1.165, 1.54) is 24.0 Å². The molecule has 0 spiro atoms. The summed E-state index contributed by atoms with van der Waals surface area (Å²) in [6.45, 7) is 0.669. The van der Waals surface area contributed by atoms with E-state index in [1.54, 1.807) is 6.07 Å². The van der Waals surface area contributed by atoms with Crippen molar-refractivity contribution in [3.05, 3.63) is 65.7 Å². The highest BCUT2D eigenvalue weighted by atomic mass is 16.5. The van der Waals surface area contributed by atoms with Gasteiger partial charge in [0.25, 0.3) is 0 Å². The first-order chi connectivity index (χ1) is 12.1. The number of phenolic OH excluding ortho intramolecular Hbond substituents is 1. The third-order valence-electron chi connectivity index (χ3n) is 5.23. The standard InChI is InChI=1S/C22H29NO2/c1-23(2)22(18-11-8-12-19(24)15-18)20-13-6-7-14-21(20)25-16-17-9-4-3-5-10-17/h3-5,8-12,15,20-22,24H,6-7,13-14,16H2,1-2H3/t20-,21+,22?/m1/s1. The van der Waals surface area contributed by atoms with Crippen LogP contribution in [0.2, 0.25) is 0 Å². The minimum atomic E-state index is 0.253. The Morgan fingerprint density at radius 2 is 1.80 bits per heavy atom. The summed E-state index contributed by atoms with van der Waals surface area (Å²) >= 11 is 0. The van der Waals surface area contributed by atoms with E-state index in [0.29, 0.717) is 18.3 Å². The molecule has 0 radical (unpaired) electrons. The van der Waals surface area contributed by atoms with Crippen molar-refractivity contribution in [2.24, 2.45) is 5.92 Å². The lowest BCUT2D eigenvalue weighted by Crippen LogP contribution is -2.38. The van der Waals surface area contributed by atoms with Crippen LogP contribution >= 0.6 is 0 Å². The topological polar surface area (TPSA) is 32.7 Å². The Kier molecular flexibility index (Phi) is 6.11. The van der Waals surface area contributed by atoms with E-state index < -0.39 is 0 Å². The maximum absolute atomic E-state index is 9.91. The van der Waals surface area contributed by atoms with Crippen LogP contribution in [-0.2, 0) is 11.3 Å². The van der Waals surface area contributed by atoms with Gasteiger partial charge in [-0.2, -0.15) is 0 Å². The lowest BCUT2D eigenvalue weighted by atomic mass is 9.78. The summed E-state index contributed by atoms with van der Waals surface area (Å²) in [7, 11) is 4.25. The Hall–Kier alpha value is -1.84. The van der Waals surface area contributed by atoms with Crippen molar-refractivity contribution < 1.29 is 9.84 Å². The molecule has 1 unspecified atom stereocenters. The van der Waals surface area contributed by atoms with Gasteiger partial charge in [0.2, 0.25) is 0 Å². The molecule has 2 aromatic carbocycles. The molecule has 3 atom stereocenters. The average Bonchev–Trinajstić information content (AvgIpc) is 2.62. The average molecular weight is 339 g/mol. The molecule has 1 N–H and O–H groups in total. The first-order valence-electron chi connectivity index (χ1n) is 9.26. The number of nitrogens with zero attached hydrogens (tertiary/aromatic N) is 1. The van der Waals surface area contributed by atoms with Gasteiger partial charge in [-0.25, -0.2) is 0 Å². The van der Waals surface area contributed by atoms with Gasteiger partial charge in [0.05, 0.1) is 12.7 Å². The number of ether oxygens (including phenoxy) is 1. The number of phenols is 1. The van der Waals surface area contributed by atoms with Crippen LogP contribution < -0.4 is 0 Å². The molecule has 0 bridgehead atoms. The van der Waals surface area contributed by atoms with Crippen molar-refractivity contribution in [1.29, 1.82) is 0 Å². The zero-order chi connectivity index (χ0) is 17.6. The van der Waals surface area contributed by atoms with Gasteiger partial charge in [-0.15, -0.1) is 0 Å². The Labute approximate surface area is 151 Å². The number of hydrogen-bond acceptors (Lipinski definition) is 3.